The fraction of sp³-hybridized carbons (Fsp3) is 0. The van der Waals surface area contributed by atoms with E-state index < -0.39 is 6.09 Å². The van der Waals surface area contributed by atoms with Gasteiger partial charge in [0.25, 0.3) is 0 Å². The van der Waals surface area contributed by atoms with Gasteiger partial charge in [-0.1, -0.05) is 36.4 Å². The smallest absolute Gasteiger partial charge is 0.434 e. The van der Waals surface area contributed by atoms with E-state index in [0.29, 0.717) is 16.8 Å². The lowest BCUT2D eigenvalue weighted by atomic mass is 10.1. The maximum atomic E-state index is 12.2. The fourth-order valence-electron chi connectivity index (χ4n) is 2.14. The number of ether oxygens (including phenoxy) is 1. The number of para-hydroxylation sites is 1. The zero-order valence-corrected chi connectivity index (χ0v) is 12.2. The van der Waals surface area contributed by atoms with Gasteiger partial charge in [0.05, 0.1) is 5.69 Å². The number of phenols is 1. The van der Waals surface area contributed by atoms with Gasteiger partial charge in [-0.25, -0.2) is 4.79 Å². The molecule has 3 rings (SSSR count). The van der Waals surface area contributed by atoms with Crippen LogP contribution >= 0.6 is 11.8 Å². The Hall–Kier alpha value is -2.72. The second-order valence-corrected chi connectivity index (χ2v) is 4.98. The van der Waals surface area contributed by atoms with Crippen molar-refractivity contribution in [3.05, 3.63) is 66.7 Å². The first-order chi connectivity index (χ1) is 10.6. The third-order valence-electron chi connectivity index (χ3n) is 3.16. The molecule has 0 bridgehead atoms. The SMILES string of the molecule is O=C(Oc1ccccc1)N(Cl)c1cccc2ccc(O)cc12. The van der Waals surface area contributed by atoms with Crippen molar-refractivity contribution in [2.45, 2.75) is 0 Å². The van der Waals surface area contributed by atoms with E-state index in [0.717, 1.165) is 9.81 Å². The van der Waals surface area contributed by atoms with Crippen LogP contribution in [0.4, 0.5) is 10.5 Å². The maximum absolute atomic E-state index is 12.2. The molecule has 1 N–H and O–H groups in total. The highest BCUT2D eigenvalue weighted by atomic mass is 35.5. The summed E-state index contributed by atoms with van der Waals surface area (Å²) in [6.07, 6.45) is -0.719. The quantitative estimate of drug-likeness (QED) is 0.697. The van der Waals surface area contributed by atoms with Gasteiger partial charge >= 0.3 is 6.09 Å². The van der Waals surface area contributed by atoms with E-state index in [-0.39, 0.29) is 5.75 Å². The second-order valence-electron chi connectivity index (χ2n) is 4.64. The van der Waals surface area contributed by atoms with Crippen LogP contribution in [0.5, 0.6) is 11.5 Å². The molecule has 22 heavy (non-hydrogen) atoms. The molecule has 4 nitrogen and oxygen atoms in total. The number of nitrogens with zero attached hydrogens (tertiary/aromatic N) is 1. The molecular formula is C17H12ClNO3. The molecular weight excluding hydrogens is 302 g/mol. The van der Waals surface area contributed by atoms with Gasteiger partial charge in [-0.3, -0.25) is 0 Å². The Morgan fingerprint density at radius 1 is 1.00 bits per heavy atom. The summed E-state index contributed by atoms with van der Waals surface area (Å²) < 4.78 is 6.10. The van der Waals surface area contributed by atoms with Gasteiger partial charge in [0.2, 0.25) is 0 Å². The van der Waals surface area contributed by atoms with E-state index in [9.17, 15) is 9.90 Å². The molecule has 0 radical (unpaired) electrons. The molecule has 3 aromatic rings. The predicted octanol–water partition coefficient (Wildman–Crippen LogP) is 4.70. The van der Waals surface area contributed by atoms with E-state index in [1.54, 1.807) is 54.6 Å². The molecule has 0 spiro atoms. The number of rotatable bonds is 2. The Bertz CT molecular complexity index is 821. The van der Waals surface area contributed by atoms with Crippen LogP contribution in [0.15, 0.2) is 66.7 Å². The summed E-state index contributed by atoms with van der Waals surface area (Å²) in [6.45, 7) is 0. The van der Waals surface area contributed by atoms with Gasteiger partial charge in [-0.05, 0) is 35.7 Å². The number of amides is 1. The average Bonchev–Trinajstić information content (AvgIpc) is 2.54. The summed E-state index contributed by atoms with van der Waals surface area (Å²) in [5.74, 6) is 0.502. The molecule has 5 heteroatoms. The molecule has 0 saturated heterocycles. The van der Waals surface area contributed by atoms with Crippen molar-refractivity contribution in [3.8, 4) is 11.5 Å². The molecule has 3 aromatic carbocycles. The molecule has 0 aromatic heterocycles. The Labute approximate surface area is 132 Å². The first-order valence-corrected chi connectivity index (χ1v) is 6.93. The summed E-state index contributed by atoms with van der Waals surface area (Å²) in [7, 11) is 0. The fourth-order valence-corrected chi connectivity index (χ4v) is 2.32. The van der Waals surface area contributed by atoms with Gasteiger partial charge in [-0.15, -0.1) is 0 Å². The molecule has 1 amide bonds. The van der Waals surface area contributed by atoms with Crippen LogP contribution in [0.25, 0.3) is 10.8 Å². The molecule has 0 fully saturated rings. The van der Waals surface area contributed by atoms with E-state index in [4.69, 9.17) is 16.5 Å². The number of hydrogen-bond donors (Lipinski definition) is 1. The number of carbonyl (C=O) groups is 1. The standard InChI is InChI=1S/C17H12ClNO3/c18-19(17(21)22-14-6-2-1-3-7-14)16-8-4-5-12-9-10-13(20)11-15(12)16/h1-11,20H. The topological polar surface area (TPSA) is 49.8 Å². The van der Waals surface area contributed by atoms with Crippen molar-refractivity contribution in [1.29, 1.82) is 0 Å². The lowest BCUT2D eigenvalue weighted by Crippen LogP contribution is -2.24. The number of halogens is 1. The van der Waals surface area contributed by atoms with E-state index in [1.165, 1.54) is 0 Å². The first kappa shape index (κ1) is 14.2. The highest BCUT2D eigenvalue weighted by Gasteiger charge is 2.18. The predicted molar refractivity (Wildman–Crippen MR) is 86.4 cm³/mol. The summed E-state index contributed by atoms with van der Waals surface area (Å²) in [5.41, 5.74) is 0.441. The minimum Gasteiger partial charge on any atom is -0.508 e. The van der Waals surface area contributed by atoms with Crippen LogP contribution < -0.4 is 9.16 Å². The molecule has 0 aliphatic rings. The van der Waals surface area contributed by atoms with Gasteiger partial charge < -0.3 is 9.84 Å². The number of anilines is 1. The van der Waals surface area contributed by atoms with Crippen LogP contribution in [-0.2, 0) is 0 Å². The Morgan fingerprint density at radius 2 is 1.77 bits per heavy atom. The van der Waals surface area contributed by atoms with Crippen molar-refractivity contribution in [2.24, 2.45) is 0 Å². The molecule has 0 saturated carbocycles. The van der Waals surface area contributed by atoms with Gasteiger partial charge in [-0.2, -0.15) is 4.42 Å². The number of phenolic OH excluding ortho intramolecular Hbond substituents is 1. The third-order valence-corrected chi connectivity index (χ3v) is 3.48. The van der Waals surface area contributed by atoms with Crippen LogP contribution in [0.1, 0.15) is 0 Å². The van der Waals surface area contributed by atoms with Crippen LogP contribution in [-0.4, -0.2) is 11.2 Å². The number of carbonyl (C=O) groups excluding carboxylic acids is 1. The van der Waals surface area contributed by atoms with E-state index in [2.05, 4.69) is 0 Å². The van der Waals surface area contributed by atoms with Crippen LogP contribution in [0, 0.1) is 0 Å². The monoisotopic (exact) mass is 313 g/mol. The Balaban J connectivity index is 1.93. The molecule has 0 heterocycles. The van der Waals surface area contributed by atoms with Crippen molar-refractivity contribution < 1.29 is 14.6 Å². The molecule has 0 unspecified atom stereocenters. The molecule has 0 aliphatic carbocycles. The second kappa shape index (κ2) is 5.95. The highest BCUT2D eigenvalue weighted by Crippen LogP contribution is 2.31. The average molecular weight is 314 g/mol. The lowest BCUT2D eigenvalue weighted by Gasteiger charge is -2.16. The Morgan fingerprint density at radius 3 is 2.55 bits per heavy atom. The van der Waals surface area contributed by atoms with Crippen molar-refractivity contribution in [2.75, 3.05) is 4.42 Å². The van der Waals surface area contributed by atoms with Crippen molar-refractivity contribution >= 4 is 34.3 Å². The van der Waals surface area contributed by atoms with Crippen LogP contribution in [0.3, 0.4) is 0 Å². The summed E-state index contributed by atoms with van der Waals surface area (Å²) >= 11 is 6.12. The number of fused-ring (bicyclic) bond motifs is 1. The van der Waals surface area contributed by atoms with Gasteiger partial charge in [0, 0.05) is 17.2 Å². The molecule has 0 aliphatic heterocycles. The van der Waals surface area contributed by atoms with E-state index in [1.807, 2.05) is 12.1 Å². The normalized spacial score (nSPS) is 10.4. The van der Waals surface area contributed by atoms with Crippen molar-refractivity contribution in [3.63, 3.8) is 0 Å². The lowest BCUT2D eigenvalue weighted by molar-refractivity contribution is 0.212. The zero-order valence-electron chi connectivity index (χ0n) is 11.4. The minimum atomic E-state index is -0.719. The minimum absolute atomic E-state index is 0.0986. The van der Waals surface area contributed by atoms with Crippen molar-refractivity contribution in [1.82, 2.24) is 0 Å². The van der Waals surface area contributed by atoms with Crippen LogP contribution in [0.2, 0.25) is 0 Å². The van der Waals surface area contributed by atoms with E-state index >= 15 is 0 Å². The summed E-state index contributed by atoms with van der Waals surface area (Å²) in [4.78, 5) is 12.2. The highest BCUT2D eigenvalue weighted by molar-refractivity contribution is 6.37. The molecule has 0 atom stereocenters. The van der Waals surface area contributed by atoms with Gasteiger partial charge in [0.15, 0.2) is 0 Å². The Kier molecular flexibility index (Phi) is 3.85. The zero-order chi connectivity index (χ0) is 15.5. The largest absolute Gasteiger partial charge is 0.508 e. The molecule has 110 valence electrons. The maximum Gasteiger partial charge on any atom is 0.434 e. The van der Waals surface area contributed by atoms with Gasteiger partial charge in [0.1, 0.15) is 11.5 Å². The number of benzene rings is 3. The third kappa shape index (κ3) is 2.82. The number of hydrogen-bond acceptors (Lipinski definition) is 3. The summed E-state index contributed by atoms with van der Waals surface area (Å²) in [6, 6.07) is 18.9. The summed E-state index contributed by atoms with van der Waals surface area (Å²) in [5, 5.41) is 11.1. The number of aromatic hydroxyl groups is 1. The first-order valence-electron chi connectivity index (χ1n) is 6.59.